The summed E-state index contributed by atoms with van der Waals surface area (Å²) in [6.45, 7) is 4.61. The summed E-state index contributed by atoms with van der Waals surface area (Å²) < 4.78 is 0. The molecule has 1 aromatic carbocycles. The molecule has 2 atom stereocenters. The highest BCUT2D eigenvalue weighted by Gasteiger charge is 2.45. The van der Waals surface area contributed by atoms with Crippen LogP contribution in [0.2, 0.25) is 0 Å². The minimum atomic E-state index is 0.701. The van der Waals surface area contributed by atoms with Crippen LogP contribution in [0, 0.1) is 5.92 Å². The van der Waals surface area contributed by atoms with E-state index < -0.39 is 0 Å². The van der Waals surface area contributed by atoms with Gasteiger partial charge in [0.1, 0.15) is 0 Å². The van der Waals surface area contributed by atoms with E-state index in [1.165, 1.54) is 12.8 Å². The molecule has 1 fully saturated rings. The van der Waals surface area contributed by atoms with Crippen LogP contribution in [-0.2, 0) is 6.42 Å². The third-order valence-electron chi connectivity index (χ3n) is 3.66. The van der Waals surface area contributed by atoms with Gasteiger partial charge in [0, 0.05) is 0 Å². The molecule has 0 aromatic heterocycles. The molecule has 0 unspecified atom stereocenters. The van der Waals surface area contributed by atoms with Crippen molar-refractivity contribution in [3.05, 3.63) is 34.9 Å². The Morgan fingerprint density at radius 3 is 2.92 bits per heavy atom. The molecule has 0 spiro atoms. The average Bonchev–Trinajstić information content (AvgIpc) is 2.78. The number of hydrogen-bond donors (Lipinski definition) is 0. The maximum atomic E-state index is 2.35. The fourth-order valence-corrected chi connectivity index (χ4v) is 2.86. The highest BCUT2D eigenvalue weighted by atomic mass is 14.5. The van der Waals surface area contributed by atoms with Gasteiger partial charge in [-0.25, -0.2) is 0 Å². The monoisotopic (exact) mass is 172 g/mol. The van der Waals surface area contributed by atoms with E-state index in [2.05, 4.69) is 32.0 Å². The largest absolute Gasteiger partial charge is 0.0617 e. The van der Waals surface area contributed by atoms with Crippen molar-refractivity contribution >= 4 is 0 Å². The Balaban J connectivity index is 2.13. The van der Waals surface area contributed by atoms with Gasteiger partial charge in [0.2, 0.25) is 0 Å². The Morgan fingerprint density at radius 2 is 2.15 bits per heavy atom. The number of fused-ring (bicyclic) bond motifs is 3. The molecule has 0 radical (unpaired) electrons. The van der Waals surface area contributed by atoms with Gasteiger partial charge in [-0.15, -0.1) is 0 Å². The molecule has 0 amide bonds. The fraction of sp³-hybridized carbons (Fsp3) is 0.538. The molecule has 13 heavy (non-hydrogen) atoms. The summed E-state index contributed by atoms with van der Waals surface area (Å²) in [7, 11) is 0. The first-order valence-electron chi connectivity index (χ1n) is 5.39. The van der Waals surface area contributed by atoms with Crippen LogP contribution in [0.3, 0.4) is 0 Å². The normalized spacial score (nSPS) is 28.8. The zero-order valence-electron chi connectivity index (χ0n) is 8.38. The van der Waals surface area contributed by atoms with Crippen molar-refractivity contribution in [3.8, 4) is 0 Å². The lowest BCUT2D eigenvalue weighted by Crippen LogP contribution is -1.97. The van der Waals surface area contributed by atoms with Crippen LogP contribution in [0.25, 0.3) is 0 Å². The molecule has 2 aliphatic rings. The van der Waals surface area contributed by atoms with Crippen LogP contribution in [0.15, 0.2) is 18.2 Å². The number of benzene rings is 1. The average molecular weight is 172 g/mol. The quantitative estimate of drug-likeness (QED) is 0.608. The first-order chi connectivity index (χ1) is 6.27. The predicted molar refractivity (Wildman–Crippen MR) is 55.1 cm³/mol. The minimum absolute atomic E-state index is 0.701. The molecule has 68 valence electrons. The van der Waals surface area contributed by atoms with E-state index in [1.54, 1.807) is 16.7 Å². The van der Waals surface area contributed by atoms with Gasteiger partial charge in [0.25, 0.3) is 0 Å². The van der Waals surface area contributed by atoms with Crippen molar-refractivity contribution in [3.63, 3.8) is 0 Å². The first-order valence-corrected chi connectivity index (χ1v) is 5.39. The standard InChI is InChI=1S/C13H16/c1-8(2)10-4-3-5-11-12-6-9(12)7-13(10)11/h3-5,8-9,12H,6-7H2,1-2H3/t9-,12-/m1/s1. The van der Waals surface area contributed by atoms with Gasteiger partial charge in [-0.1, -0.05) is 32.0 Å². The highest BCUT2D eigenvalue weighted by molar-refractivity contribution is 5.47. The Hall–Kier alpha value is -0.780. The van der Waals surface area contributed by atoms with E-state index in [9.17, 15) is 0 Å². The smallest absolute Gasteiger partial charge is 0.0124 e. The summed E-state index contributed by atoms with van der Waals surface area (Å²) in [5, 5.41) is 0. The van der Waals surface area contributed by atoms with Crippen LogP contribution >= 0.6 is 0 Å². The number of hydrogen-bond acceptors (Lipinski definition) is 0. The molecule has 0 aliphatic heterocycles. The Labute approximate surface area is 80.0 Å². The summed E-state index contributed by atoms with van der Waals surface area (Å²) in [4.78, 5) is 0. The maximum absolute atomic E-state index is 2.35. The molecular formula is C13H16. The Kier molecular flexibility index (Phi) is 1.39. The molecule has 1 saturated carbocycles. The summed E-state index contributed by atoms with van der Waals surface area (Å²) in [5.74, 6) is 2.68. The number of rotatable bonds is 1. The van der Waals surface area contributed by atoms with E-state index >= 15 is 0 Å². The Bertz CT molecular complexity index is 349. The summed E-state index contributed by atoms with van der Waals surface area (Å²) in [6.07, 6.45) is 2.84. The van der Waals surface area contributed by atoms with E-state index in [-0.39, 0.29) is 0 Å². The van der Waals surface area contributed by atoms with Crippen LogP contribution in [0.5, 0.6) is 0 Å². The van der Waals surface area contributed by atoms with Crippen molar-refractivity contribution in [1.82, 2.24) is 0 Å². The molecule has 0 heterocycles. The third kappa shape index (κ3) is 0.979. The molecule has 3 rings (SSSR count). The molecule has 2 aliphatic carbocycles. The summed E-state index contributed by atoms with van der Waals surface area (Å²) >= 11 is 0. The lowest BCUT2D eigenvalue weighted by atomic mass is 9.92. The van der Waals surface area contributed by atoms with Crippen LogP contribution in [0.1, 0.15) is 48.8 Å². The zero-order valence-corrected chi connectivity index (χ0v) is 8.38. The van der Waals surface area contributed by atoms with Gasteiger partial charge in [-0.2, -0.15) is 0 Å². The van der Waals surface area contributed by atoms with Crippen molar-refractivity contribution in [2.45, 2.75) is 38.5 Å². The van der Waals surface area contributed by atoms with Gasteiger partial charge in [-0.05, 0) is 47.3 Å². The van der Waals surface area contributed by atoms with Crippen molar-refractivity contribution < 1.29 is 0 Å². The second-order valence-electron chi connectivity index (χ2n) is 4.88. The van der Waals surface area contributed by atoms with E-state index in [0.29, 0.717) is 5.92 Å². The van der Waals surface area contributed by atoms with Gasteiger partial charge >= 0.3 is 0 Å². The molecule has 0 saturated heterocycles. The zero-order chi connectivity index (χ0) is 9.00. The first kappa shape index (κ1) is 7.61. The molecule has 0 heteroatoms. The van der Waals surface area contributed by atoms with Crippen molar-refractivity contribution in [2.24, 2.45) is 5.92 Å². The summed E-state index contributed by atoms with van der Waals surface area (Å²) in [5.41, 5.74) is 4.97. The highest BCUT2D eigenvalue weighted by Crippen LogP contribution is 2.57. The van der Waals surface area contributed by atoms with E-state index in [0.717, 1.165) is 11.8 Å². The molecule has 0 bridgehead atoms. The van der Waals surface area contributed by atoms with Gasteiger partial charge in [0.05, 0.1) is 0 Å². The van der Waals surface area contributed by atoms with Gasteiger partial charge < -0.3 is 0 Å². The topological polar surface area (TPSA) is 0 Å². The second kappa shape index (κ2) is 2.37. The SMILES string of the molecule is CC(C)c1cccc2c1C[C@H]1C[C@@H]21. The molecule has 1 aromatic rings. The van der Waals surface area contributed by atoms with E-state index in [1.807, 2.05) is 0 Å². The van der Waals surface area contributed by atoms with Crippen LogP contribution in [-0.4, -0.2) is 0 Å². The Morgan fingerprint density at radius 1 is 1.31 bits per heavy atom. The van der Waals surface area contributed by atoms with Crippen LogP contribution < -0.4 is 0 Å². The molecular weight excluding hydrogens is 156 g/mol. The lowest BCUT2D eigenvalue weighted by molar-refractivity contribution is 0.807. The lowest BCUT2D eigenvalue weighted by Gasteiger charge is -2.13. The molecule has 0 N–H and O–H groups in total. The molecule has 0 nitrogen and oxygen atoms in total. The van der Waals surface area contributed by atoms with E-state index in [4.69, 9.17) is 0 Å². The summed E-state index contributed by atoms with van der Waals surface area (Å²) in [6, 6.07) is 6.90. The fourth-order valence-electron chi connectivity index (χ4n) is 2.86. The van der Waals surface area contributed by atoms with Gasteiger partial charge in [0.15, 0.2) is 0 Å². The van der Waals surface area contributed by atoms with Crippen molar-refractivity contribution in [1.29, 1.82) is 0 Å². The predicted octanol–water partition coefficient (Wildman–Crippen LogP) is 3.47. The van der Waals surface area contributed by atoms with Crippen LogP contribution in [0.4, 0.5) is 0 Å². The maximum Gasteiger partial charge on any atom is -0.0124 e. The second-order valence-corrected chi connectivity index (χ2v) is 4.88. The van der Waals surface area contributed by atoms with Crippen molar-refractivity contribution in [2.75, 3.05) is 0 Å². The van der Waals surface area contributed by atoms with Gasteiger partial charge in [-0.3, -0.25) is 0 Å². The third-order valence-corrected chi connectivity index (χ3v) is 3.66. The minimum Gasteiger partial charge on any atom is -0.0617 e.